The van der Waals surface area contributed by atoms with Crippen molar-refractivity contribution in [2.24, 2.45) is 12.8 Å². The van der Waals surface area contributed by atoms with Crippen molar-refractivity contribution < 1.29 is 0 Å². The highest BCUT2D eigenvalue weighted by molar-refractivity contribution is 9.10. The van der Waals surface area contributed by atoms with Gasteiger partial charge >= 0.3 is 0 Å². The molecule has 0 radical (unpaired) electrons. The van der Waals surface area contributed by atoms with Crippen LogP contribution in [0.2, 0.25) is 0 Å². The molecule has 0 aliphatic rings. The Labute approximate surface area is 110 Å². The topological polar surface area (TPSA) is 43.8 Å². The summed E-state index contributed by atoms with van der Waals surface area (Å²) in [4.78, 5) is 4.29. The van der Waals surface area contributed by atoms with Crippen LogP contribution in [0.25, 0.3) is 0 Å². The van der Waals surface area contributed by atoms with Gasteiger partial charge in [0.2, 0.25) is 0 Å². The minimum absolute atomic E-state index is 0.509. The molecule has 0 atom stereocenters. The number of halogens is 1. The minimum Gasteiger partial charge on any atom is -0.337 e. The summed E-state index contributed by atoms with van der Waals surface area (Å²) >= 11 is 3.49. The normalized spacial score (nSPS) is 10.8. The number of nitrogens with two attached hydrogens (primary N) is 1. The number of hydrogen-bond acceptors (Lipinski definition) is 2. The minimum atomic E-state index is 0.509. The van der Waals surface area contributed by atoms with Crippen LogP contribution in [-0.2, 0) is 26.4 Å². The van der Waals surface area contributed by atoms with Crippen LogP contribution in [0.3, 0.4) is 0 Å². The predicted molar refractivity (Wildman–Crippen MR) is 72.6 cm³/mol. The predicted octanol–water partition coefficient (Wildman–Crippen LogP) is 2.43. The Balaban J connectivity index is 2.09. The van der Waals surface area contributed by atoms with Crippen LogP contribution < -0.4 is 5.73 Å². The summed E-state index contributed by atoms with van der Waals surface area (Å²) in [6.07, 6.45) is 3.81. The molecule has 17 heavy (non-hydrogen) atoms. The van der Waals surface area contributed by atoms with Gasteiger partial charge in [-0.25, -0.2) is 4.98 Å². The van der Waals surface area contributed by atoms with Gasteiger partial charge in [-0.15, -0.1) is 0 Å². The maximum Gasteiger partial charge on any atom is 0.0949 e. The molecule has 4 heteroatoms. The van der Waals surface area contributed by atoms with E-state index in [-0.39, 0.29) is 0 Å². The van der Waals surface area contributed by atoms with Crippen LogP contribution in [0.4, 0.5) is 0 Å². The Kier molecular flexibility index (Phi) is 3.97. The van der Waals surface area contributed by atoms with Gasteiger partial charge in [0.05, 0.1) is 12.0 Å². The molecule has 90 valence electrons. The molecule has 0 aliphatic heterocycles. The fraction of sp³-hybridized carbons (Fsp3) is 0.308. The van der Waals surface area contributed by atoms with Crippen LogP contribution in [0.1, 0.15) is 17.0 Å². The Morgan fingerprint density at radius 1 is 1.35 bits per heavy atom. The van der Waals surface area contributed by atoms with E-state index in [1.807, 2.05) is 19.4 Å². The summed E-state index contributed by atoms with van der Waals surface area (Å²) in [5, 5.41) is 0. The van der Waals surface area contributed by atoms with Gasteiger partial charge in [-0.2, -0.15) is 0 Å². The van der Waals surface area contributed by atoms with Crippen LogP contribution in [0.5, 0.6) is 0 Å². The van der Waals surface area contributed by atoms with Gasteiger partial charge in [0.1, 0.15) is 0 Å². The third kappa shape index (κ3) is 2.96. The van der Waals surface area contributed by atoms with Crippen LogP contribution >= 0.6 is 15.9 Å². The Morgan fingerprint density at radius 2 is 2.18 bits per heavy atom. The fourth-order valence-electron chi connectivity index (χ4n) is 1.95. The van der Waals surface area contributed by atoms with Crippen molar-refractivity contribution >= 4 is 15.9 Å². The molecule has 2 aromatic rings. The average molecular weight is 294 g/mol. The molecule has 0 unspecified atom stereocenters. The largest absolute Gasteiger partial charge is 0.337 e. The summed E-state index contributed by atoms with van der Waals surface area (Å²) in [5.74, 6) is 0. The first kappa shape index (κ1) is 12.3. The smallest absolute Gasteiger partial charge is 0.0949 e. The summed E-state index contributed by atoms with van der Waals surface area (Å²) < 4.78 is 3.18. The molecule has 1 heterocycles. The number of nitrogens with zero attached hydrogens (tertiary/aromatic N) is 2. The van der Waals surface area contributed by atoms with E-state index in [0.29, 0.717) is 6.54 Å². The summed E-state index contributed by atoms with van der Waals surface area (Å²) in [6, 6.07) is 8.40. The quantitative estimate of drug-likeness (QED) is 0.941. The Hall–Kier alpha value is -1.13. The highest BCUT2D eigenvalue weighted by atomic mass is 79.9. The van der Waals surface area contributed by atoms with Gasteiger partial charge in [0, 0.05) is 23.8 Å². The van der Waals surface area contributed by atoms with E-state index < -0.39 is 0 Å². The monoisotopic (exact) mass is 293 g/mol. The van der Waals surface area contributed by atoms with E-state index in [2.05, 4.69) is 43.7 Å². The second-order valence-electron chi connectivity index (χ2n) is 4.08. The van der Waals surface area contributed by atoms with Gasteiger partial charge in [0.15, 0.2) is 0 Å². The number of hydrogen-bond donors (Lipinski definition) is 1. The number of aryl methyl sites for hydroxylation is 2. The molecule has 0 amide bonds. The third-order valence-electron chi connectivity index (χ3n) is 2.88. The van der Waals surface area contributed by atoms with Gasteiger partial charge in [-0.05, 0) is 30.5 Å². The first-order valence-electron chi connectivity index (χ1n) is 5.64. The Morgan fingerprint density at radius 3 is 2.88 bits per heavy atom. The lowest BCUT2D eigenvalue weighted by Crippen LogP contribution is -2.05. The van der Waals surface area contributed by atoms with Crippen LogP contribution in [-0.4, -0.2) is 9.55 Å². The third-order valence-corrected chi connectivity index (χ3v) is 3.37. The van der Waals surface area contributed by atoms with Crippen molar-refractivity contribution in [1.82, 2.24) is 9.55 Å². The van der Waals surface area contributed by atoms with E-state index in [9.17, 15) is 0 Å². The molecule has 0 spiro atoms. The molecular weight excluding hydrogens is 278 g/mol. The van der Waals surface area contributed by atoms with Gasteiger partial charge < -0.3 is 10.3 Å². The van der Waals surface area contributed by atoms with Crippen LogP contribution in [0, 0.1) is 0 Å². The van der Waals surface area contributed by atoms with Crippen LogP contribution in [0.15, 0.2) is 35.1 Å². The lowest BCUT2D eigenvalue weighted by Gasteiger charge is -2.05. The fourth-order valence-corrected chi connectivity index (χ4v) is 2.40. The molecule has 2 rings (SSSR count). The van der Waals surface area contributed by atoms with E-state index in [4.69, 9.17) is 5.73 Å². The van der Waals surface area contributed by atoms with Crippen molar-refractivity contribution in [2.75, 3.05) is 0 Å². The number of benzene rings is 1. The zero-order valence-electron chi connectivity index (χ0n) is 9.86. The van der Waals surface area contributed by atoms with Gasteiger partial charge in [0.25, 0.3) is 0 Å². The lowest BCUT2D eigenvalue weighted by atomic mass is 10.1. The second kappa shape index (κ2) is 5.47. The van der Waals surface area contributed by atoms with Crippen molar-refractivity contribution in [2.45, 2.75) is 19.4 Å². The molecule has 3 nitrogen and oxygen atoms in total. The van der Waals surface area contributed by atoms with Gasteiger partial charge in [-0.3, -0.25) is 0 Å². The molecule has 0 bridgehead atoms. The highest BCUT2D eigenvalue weighted by Crippen LogP contribution is 2.15. The SMILES string of the molecule is Cn1cnc(CN)c1CCc1cccc(Br)c1. The summed E-state index contributed by atoms with van der Waals surface area (Å²) in [5.41, 5.74) is 9.23. The number of rotatable bonds is 4. The first-order valence-corrected chi connectivity index (χ1v) is 6.43. The molecule has 1 aromatic heterocycles. The molecule has 0 fully saturated rings. The zero-order chi connectivity index (χ0) is 12.3. The second-order valence-corrected chi connectivity index (χ2v) is 5.00. The van der Waals surface area contributed by atoms with Crippen molar-refractivity contribution in [1.29, 1.82) is 0 Å². The molecule has 0 saturated heterocycles. The van der Waals surface area contributed by atoms with Crippen molar-refractivity contribution in [3.05, 3.63) is 52.0 Å². The maximum absolute atomic E-state index is 5.67. The molecule has 2 N–H and O–H groups in total. The number of imidazole rings is 1. The molecule has 0 saturated carbocycles. The molecule has 0 aliphatic carbocycles. The summed E-state index contributed by atoms with van der Waals surface area (Å²) in [6.45, 7) is 0.509. The average Bonchev–Trinajstić information content (AvgIpc) is 2.67. The highest BCUT2D eigenvalue weighted by Gasteiger charge is 2.07. The molecular formula is C13H16BrN3. The van der Waals surface area contributed by atoms with E-state index in [1.165, 1.54) is 11.3 Å². The van der Waals surface area contributed by atoms with E-state index >= 15 is 0 Å². The van der Waals surface area contributed by atoms with Crippen molar-refractivity contribution in [3.63, 3.8) is 0 Å². The first-order chi connectivity index (χ1) is 8.20. The zero-order valence-corrected chi connectivity index (χ0v) is 11.4. The number of aromatic nitrogens is 2. The standard InChI is InChI=1S/C13H16BrN3/c1-17-9-16-12(8-15)13(17)6-5-10-3-2-4-11(14)7-10/h2-4,7,9H,5-6,8,15H2,1H3. The maximum atomic E-state index is 5.67. The van der Waals surface area contributed by atoms with Crippen molar-refractivity contribution in [3.8, 4) is 0 Å². The summed E-state index contributed by atoms with van der Waals surface area (Å²) in [7, 11) is 2.02. The van der Waals surface area contributed by atoms with Gasteiger partial charge in [-0.1, -0.05) is 28.1 Å². The molecule has 1 aromatic carbocycles. The van der Waals surface area contributed by atoms with E-state index in [1.54, 1.807) is 0 Å². The van der Waals surface area contributed by atoms with E-state index in [0.717, 1.165) is 23.0 Å². The lowest BCUT2D eigenvalue weighted by molar-refractivity contribution is 0.785. The Bertz CT molecular complexity index is 505.